The van der Waals surface area contributed by atoms with Crippen LogP contribution in [-0.4, -0.2) is 27.4 Å². The molecule has 0 aliphatic heterocycles. The molecule has 6 nitrogen and oxygen atoms in total. The quantitative estimate of drug-likeness (QED) is 0.794. The van der Waals surface area contributed by atoms with Crippen molar-refractivity contribution in [2.24, 2.45) is 11.7 Å². The molecule has 0 unspecified atom stereocenters. The van der Waals surface area contributed by atoms with Gasteiger partial charge in [-0.25, -0.2) is 4.68 Å². The molecule has 1 amide bonds. The highest BCUT2D eigenvalue weighted by molar-refractivity contribution is 5.75. The van der Waals surface area contributed by atoms with Crippen molar-refractivity contribution >= 4 is 5.91 Å². The van der Waals surface area contributed by atoms with Gasteiger partial charge in [0.15, 0.2) is 0 Å². The number of carbonyl (C=O) groups is 1. The van der Waals surface area contributed by atoms with E-state index >= 15 is 0 Å². The lowest BCUT2D eigenvalue weighted by Crippen LogP contribution is -2.32. The lowest BCUT2D eigenvalue weighted by atomic mass is 9.89. The highest BCUT2D eigenvalue weighted by Crippen LogP contribution is 2.22. The highest BCUT2D eigenvalue weighted by Gasteiger charge is 2.14. The van der Waals surface area contributed by atoms with Gasteiger partial charge >= 0.3 is 0 Å². The van der Waals surface area contributed by atoms with Crippen LogP contribution in [0.5, 0.6) is 0 Å². The molecular formula is C12H21N5O. The summed E-state index contributed by atoms with van der Waals surface area (Å²) < 4.78 is 1.53. The number of nitrogens with one attached hydrogen (secondary N) is 1. The Labute approximate surface area is 107 Å². The Hall–Kier alpha value is -1.43. The number of aromatic nitrogens is 3. The van der Waals surface area contributed by atoms with E-state index in [1.165, 1.54) is 36.8 Å². The van der Waals surface area contributed by atoms with Crippen molar-refractivity contribution in [3.63, 3.8) is 0 Å². The van der Waals surface area contributed by atoms with Gasteiger partial charge in [0.25, 0.3) is 0 Å². The summed E-state index contributed by atoms with van der Waals surface area (Å²) in [6.45, 7) is 1.36. The second-order valence-electron chi connectivity index (χ2n) is 4.92. The Kier molecular flexibility index (Phi) is 4.69. The number of nitrogens with zero attached hydrogens (tertiary/aromatic N) is 3. The molecule has 100 valence electrons. The van der Waals surface area contributed by atoms with Crippen LogP contribution in [0.1, 0.15) is 37.8 Å². The zero-order valence-corrected chi connectivity index (χ0v) is 10.6. The molecule has 2 rings (SSSR count). The summed E-state index contributed by atoms with van der Waals surface area (Å²) in [5, 5.41) is 10.7. The standard InChI is InChI=1S/C12H21N5O/c13-6-11-8-17(16-15-11)9-12(18)14-7-10-4-2-1-3-5-10/h8,10H,1-7,9,13H2,(H,14,18). The van der Waals surface area contributed by atoms with E-state index < -0.39 is 0 Å². The average molecular weight is 251 g/mol. The summed E-state index contributed by atoms with van der Waals surface area (Å²) in [6.07, 6.45) is 8.11. The normalized spacial score (nSPS) is 16.7. The van der Waals surface area contributed by atoms with Crippen LogP contribution >= 0.6 is 0 Å². The van der Waals surface area contributed by atoms with Crippen LogP contribution in [-0.2, 0) is 17.9 Å². The maximum atomic E-state index is 11.7. The fourth-order valence-corrected chi connectivity index (χ4v) is 2.36. The van der Waals surface area contributed by atoms with Crippen molar-refractivity contribution in [1.82, 2.24) is 20.3 Å². The highest BCUT2D eigenvalue weighted by atomic mass is 16.2. The third-order valence-electron chi connectivity index (χ3n) is 3.41. The molecule has 1 aliphatic carbocycles. The van der Waals surface area contributed by atoms with E-state index in [9.17, 15) is 4.79 Å². The Morgan fingerprint density at radius 3 is 2.89 bits per heavy atom. The van der Waals surface area contributed by atoms with Crippen molar-refractivity contribution < 1.29 is 4.79 Å². The van der Waals surface area contributed by atoms with E-state index in [0.29, 0.717) is 18.2 Å². The van der Waals surface area contributed by atoms with E-state index in [1.54, 1.807) is 6.20 Å². The molecule has 0 radical (unpaired) electrons. The molecule has 1 aromatic heterocycles. The number of amides is 1. The predicted molar refractivity (Wildman–Crippen MR) is 67.5 cm³/mol. The summed E-state index contributed by atoms with van der Waals surface area (Å²) in [7, 11) is 0. The van der Waals surface area contributed by atoms with Crippen LogP contribution in [0.2, 0.25) is 0 Å². The second-order valence-corrected chi connectivity index (χ2v) is 4.92. The zero-order valence-electron chi connectivity index (χ0n) is 10.6. The first-order valence-electron chi connectivity index (χ1n) is 6.63. The molecule has 1 aromatic rings. The number of hydrogen-bond acceptors (Lipinski definition) is 4. The Bertz CT molecular complexity index is 384. The Balaban J connectivity index is 1.71. The third-order valence-corrected chi connectivity index (χ3v) is 3.41. The number of carbonyl (C=O) groups excluding carboxylic acids is 1. The Morgan fingerprint density at radius 1 is 1.44 bits per heavy atom. The minimum Gasteiger partial charge on any atom is -0.354 e. The topological polar surface area (TPSA) is 85.8 Å². The first-order valence-corrected chi connectivity index (χ1v) is 6.63. The van der Waals surface area contributed by atoms with Gasteiger partial charge in [-0.1, -0.05) is 24.5 Å². The van der Waals surface area contributed by atoms with Crippen molar-refractivity contribution in [3.8, 4) is 0 Å². The molecular weight excluding hydrogens is 230 g/mol. The van der Waals surface area contributed by atoms with Crippen LogP contribution < -0.4 is 11.1 Å². The van der Waals surface area contributed by atoms with E-state index in [0.717, 1.165) is 6.54 Å². The number of nitrogens with two attached hydrogens (primary N) is 1. The van der Waals surface area contributed by atoms with Crippen molar-refractivity contribution in [3.05, 3.63) is 11.9 Å². The molecule has 0 aromatic carbocycles. The molecule has 1 heterocycles. The number of rotatable bonds is 5. The third kappa shape index (κ3) is 3.80. The minimum absolute atomic E-state index is 0.00551. The first kappa shape index (κ1) is 13.0. The van der Waals surface area contributed by atoms with Gasteiger partial charge in [-0.2, -0.15) is 0 Å². The van der Waals surface area contributed by atoms with E-state index in [-0.39, 0.29) is 12.5 Å². The summed E-state index contributed by atoms with van der Waals surface area (Å²) in [5.74, 6) is 0.645. The van der Waals surface area contributed by atoms with Gasteiger partial charge in [-0.3, -0.25) is 4.79 Å². The summed E-state index contributed by atoms with van der Waals surface area (Å²) >= 11 is 0. The zero-order chi connectivity index (χ0) is 12.8. The molecule has 6 heteroatoms. The molecule has 0 atom stereocenters. The van der Waals surface area contributed by atoms with Crippen molar-refractivity contribution in [2.45, 2.75) is 45.2 Å². The largest absolute Gasteiger partial charge is 0.354 e. The van der Waals surface area contributed by atoms with Gasteiger partial charge in [0.05, 0.1) is 11.9 Å². The van der Waals surface area contributed by atoms with Crippen LogP contribution in [0, 0.1) is 5.92 Å². The van der Waals surface area contributed by atoms with Gasteiger partial charge in [0.2, 0.25) is 5.91 Å². The molecule has 0 bridgehead atoms. The molecule has 18 heavy (non-hydrogen) atoms. The van der Waals surface area contributed by atoms with Crippen LogP contribution in [0.15, 0.2) is 6.20 Å². The van der Waals surface area contributed by atoms with E-state index in [2.05, 4.69) is 15.6 Å². The van der Waals surface area contributed by atoms with E-state index in [1.807, 2.05) is 0 Å². The molecule has 1 aliphatic rings. The molecule has 1 fully saturated rings. The van der Waals surface area contributed by atoms with Crippen LogP contribution in [0.4, 0.5) is 0 Å². The summed E-state index contributed by atoms with van der Waals surface area (Å²) in [4.78, 5) is 11.7. The SMILES string of the molecule is NCc1cn(CC(=O)NCC2CCCCC2)nn1. The maximum absolute atomic E-state index is 11.7. The lowest BCUT2D eigenvalue weighted by Gasteiger charge is -2.21. The molecule has 3 N–H and O–H groups in total. The fourth-order valence-electron chi connectivity index (χ4n) is 2.36. The average Bonchev–Trinajstić information content (AvgIpc) is 2.85. The molecule has 1 saturated carbocycles. The predicted octanol–water partition coefficient (Wildman–Crippen LogP) is 0.433. The van der Waals surface area contributed by atoms with Gasteiger partial charge in [0.1, 0.15) is 6.54 Å². The fraction of sp³-hybridized carbons (Fsp3) is 0.750. The smallest absolute Gasteiger partial charge is 0.241 e. The summed E-state index contributed by atoms with van der Waals surface area (Å²) in [5.41, 5.74) is 6.14. The lowest BCUT2D eigenvalue weighted by molar-refractivity contribution is -0.122. The van der Waals surface area contributed by atoms with Gasteiger partial charge in [-0.15, -0.1) is 5.10 Å². The van der Waals surface area contributed by atoms with E-state index in [4.69, 9.17) is 5.73 Å². The van der Waals surface area contributed by atoms with Crippen molar-refractivity contribution in [2.75, 3.05) is 6.54 Å². The molecule has 0 saturated heterocycles. The summed E-state index contributed by atoms with van der Waals surface area (Å²) in [6, 6.07) is 0. The van der Waals surface area contributed by atoms with Crippen molar-refractivity contribution in [1.29, 1.82) is 0 Å². The Morgan fingerprint density at radius 2 is 2.22 bits per heavy atom. The molecule has 0 spiro atoms. The van der Waals surface area contributed by atoms with Gasteiger partial charge in [-0.05, 0) is 18.8 Å². The number of hydrogen-bond donors (Lipinski definition) is 2. The maximum Gasteiger partial charge on any atom is 0.241 e. The minimum atomic E-state index is -0.00551. The van der Waals surface area contributed by atoms with Gasteiger partial charge < -0.3 is 11.1 Å². The first-order chi connectivity index (χ1) is 8.78. The monoisotopic (exact) mass is 251 g/mol. The van der Waals surface area contributed by atoms with Crippen LogP contribution in [0.25, 0.3) is 0 Å². The van der Waals surface area contributed by atoms with Crippen LogP contribution in [0.3, 0.4) is 0 Å². The second kappa shape index (κ2) is 6.49. The van der Waals surface area contributed by atoms with Gasteiger partial charge in [0, 0.05) is 13.1 Å².